The van der Waals surface area contributed by atoms with Gasteiger partial charge in [0.05, 0.1) is 18.2 Å². The Bertz CT molecular complexity index is 534. The molecule has 2 rings (SSSR count). The fourth-order valence-corrected chi connectivity index (χ4v) is 2.27. The van der Waals surface area contributed by atoms with E-state index in [2.05, 4.69) is 11.4 Å². The van der Waals surface area contributed by atoms with E-state index in [4.69, 9.17) is 5.26 Å². The predicted octanol–water partition coefficient (Wildman–Crippen LogP) is 1.68. The minimum absolute atomic E-state index is 0.0693. The molecule has 1 aliphatic heterocycles. The summed E-state index contributed by atoms with van der Waals surface area (Å²) >= 11 is 0. The molecule has 4 nitrogen and oxygen atoms in total. The number of carbonyl (C=O) groups is 1. The van der Waals surface area contributed by atoms with Crippen molar-refractivity contribution in [2.24, 2.45) is 0 Å². The quantitative estimate of drug-likeness (QED) is 0.856. The zero-order valence-electron chi connectivity index (χ0n) is 10.9. The monoisotopic (exact) mass is 279 g/mol. The van der Waals surface area contributed by atoms with E-state index in [0.29, 0.717) is 32.5 Å². The summed E-state index contributed by atoms with van der Waals surface area (Å²) in [6.07, 6.45) is 1.40. The largest absolute Gasteiger partial charge is 0.349 e. The normalized spacial score (nSPS) is 16.6. The van der Waals surface area contributed by atoms with Crippen LogP contribution < -0.4 is 5.32 Å². The zero-order chi connectivity index (χ0) is 14.5. The van der Waals surface area contributed by atoms with Crippen molar-refractivity contribution in [1.29, 1.82) is 5.26 Å². The lowest BCUT2D eigenvalue weighted by atomic mass is 10.0. The summed E-state index contributed by atoms with van der Waals surface area (Å²) in [4.78, 5) is 13.9. The number of nitrogens with one attached hydrogen (secondary N) is 1. The van der Waals surface area contributed by atoms with Crippen LogP contribution in [0.3, 0.4) is 0 Å². The summed E-state index contributed by atoms with van der Waals surface area (Å²) in [6, 6.07) is 4.83. The molecule has 1 aromatic rings. The maximum absolute atomic E-state index is 13.5. The van der Waals surface area contributed by atoms with Crippen molar-refractivity contribution in [2.75, 3.05) is 19.6 Å². The summed E-state index contributed by atoms with van der Waals surface area (Å²) in [7, 11) is 0. The number of likely N-dealkylation sites (tertiary alicyclic amines) is 1. The average molecular weight is 279 g/mol. The highest BCUT2D eigenvalue weighted by Gasteiger charge is 2.22. The minimum Gasteiger partial charge on any atom is -0.349 e. The molecule has 1 heterocycles. The van der Waals surface area contributed by atoms with Gasteiger partial charge in [0.15, 0.2) is 0 Å². The van der Waals surface area contributed by atoms with Crippen LogP contribution in [0.2, 0.25) is 0 Å². The smallest absolute Gasteiger partial charge is 0.254 e. The predicted molar refractivity (Wildman–Crippen MR) is 68.9 cm³/mol. The molecule has 20 heavy (non-hydrogen) atoms. The van der Waals surface area contributed by atoms with Gasteiger partial charge in [-0.1, -0.05) is 0 Å². The SMILES string of the molecule is N#CCN1CCC(NC(=O)c2cc(F)ccc2F)CC1. The molecular formula is C14H15F2N3O. The van der Waals surface area contributed by atoms with E-state index in [1.165, 1.54) is 0 Å². The van der Waals surface area contributed by atoms with E-state index in [1.807, 2.05) is 4.90 Å². The fourth-order valence-electron chi connectivity index (χ4n) is 2.27. The summed E-state index contributed by atoms with van der Waals surface area (Å²) in [5.41, 5.74) is -0.274. The molecule has 0 radical (unpaired) electrons. The van der Waals surface area contributed by atoms with Crippen molar-refractivity contribution in [3.63, 3.8) is 0 Å². The Morgan fingerprint density at radius 3 is 2.75 bits per heavy atom. The molecule has 1 N–H and O–H groups in total. The Hall–Kier alpha value is -2.00. The maximum atomic E-state index is 13.5. The fraction of sp³-hybridized carbons (Fsp3) is 0.429. The van der Waals surface area contributed by atoms with Crippen LogP contribution >= 0.6 is 0 Å². The molecule has 6 heteroatoms. The van der Waals surface area contributed by atoms with E-state index in [-0.39, 0.29) is 11.6 Å². The van der Waals surface area contributed by atoms with Crippen LogP contribution in [0.25, 0.3) is 0 Å². The third-order valence-electron chi connectivity index (χ3n) is 3.39. The van der Waals surface area contributed by atoms with Crippen molar-refractivity contribution in [2.45, 2.75) is 18.9 Å². The first-order valence-electron chi connectivity index (χ1n) is 6.45. The van der Waals surface area contributed by atoms with Crippen LogP contribution in [-0.2, 0) is 0 Å². The Morgan fingerprint density at radius 2 is 2.10 bits per heavy atom. The molecule has 1 amide bonds. The molecular weight excluding hydrogens is 264 g/mol. The standard InChI is InChI=1S/C14H15F2N3O/c15-10-1-2-13(16)12(9-10)14(20)18-11-3-6-19(7-4-11)8-5-17/h1-2,9,11H,3-4,6-8H2,(H,18,20). The average Bonchev–Trinajstić information content (AvgIpc) is 2.44. The van der Waals surface area contributed by atoms with Gasteiger partial charge >= 0.3 is 0 Å². The number of nitrogens with zero attached hydrogens (tertiary/aromatic N) is 2. The molecule has 0 saturated carbocycles. The van der Waals surface area contributed by atoms with Gasteiger partial charge in [0.25, 0.3) is 5.91 Å². The van der Waals surface area contributed by atoms with E-state index >= 15 is 0 Å². The number of benzene rings is 1. The number of piperidine rings is 1. The van der Waals surface area contributed by atoms with Crippen LogP contribution in [0.1, 0.15) is 23.2 Å². The molecule has 1 aromatic carbocycles. The highest BCUT2D eigenvalue weighted by molar-refractivity contribution is 5.94. The molecule has 0 aromatic heterocycles. The van der Waals surface area contributed by atoms with Crippen molar-refractivity contribution in [1.82, 2.24) is 10.2 Å². The first-order chi connectivity index (χ1) is 9.60. The number of amides is 1. The van der Waals surface area contributed by atoms with Crippen LogP contribution in [0, 0.1) is 23.0 Å². The number of halogens is 2. The first-order valence-corrected chi connectivity index (χ1v) is 6.45. The van der Waals surface area contributed by atoms with Gasteiger partial charge in [0, 0.05) is 19.1 Å². The lowest BCUT2D eigenvalue weighted by molar-refractivity contribution is 0.0910. The second-order valence-electron chi connectivity index (χ2n) is 4.81. The number of hydrogen-bond donors (Lipinski definition) is 1. The molecule has 0 bridgehead atoms. The van der Waals surface area contributed by atoms with E-state index in [9.17, 15) is 13.6 Å². The third kappa shape index (κ3) is 3.52. The number of rotatable bonds is 3. The Morgan fingerprint density at radius 1 is 1.40 bits per heavy atom. The van der Waals surface area contributed by atoms with Crippen molar-refractivity contribution < 1.29 is 13.6 Å². The number of carbonyl (C=O) groups excluding carboxylic acids is 1. The molecule has 0 atom stereocenters. The molecule has 0 unspecified atom stereocenters. The van der Waals surface area contributed by atoms with Gasteiger partial charge in [0.2, 0.25) is 0 Å². The van der Waals surface area contributed by atoms with E-state index in [1.54, 1.807) is 0 Å². The van der Waals surface area contributed by atoms with Gasteiger partial charge in [-0.2, -0.15) is 5.26 Å². The third-order valence-corrected chi connectivity index (χ3v) is 3.39. The van der Waals surface area contributed by atoms with Crippen molar-refractivity contribution in [3.8, 4) is 6.07 Å². The molecule has 1 saturated heterocycles. The van der Waals surface area contributed by atoms with Crippen molar-refractivity contribution in [3.05, 3.63) is 35.4 Å². The van der Waals surface area contributed by atoms with Crippen LogP contribution in [0.4, 0.5) is 8.78 Å². The second kappa shape index (κ2) is 6.44. The number of hydrogen-bond acceptors (Lipinski definition) is 3. The minimum atomic E-state index is -0.731. The van der Waals surface area contributed by atoms with Gasteiger partial charge in [-0.05, 0) is 31.0 Å². The summed E-state index contributed by atoms with van der Waals surface area (Å²) in [6.45, 7) is 1.80. The molecule has 0 spiro atoms. The zero-order valence-corrected chi connectivity index (χ0v) is 10.9. The van der Waals surface area contributed by atoms with Gasteiger partial charge in [-0.25, -0.2) is 8.78 Å². The second-order valence-corrected chi connectivity index (χ2v) is 4.81. The Balaban J connectivity index is 1.93. The van der Waals surface area contributed by atoms with Gasteiger partial charge in [0.1, 0.15) is 11.6 Å². The number of nitriles is 1. The first kappa shape index (κ1) is 14.4. The molecule has 1 aliphatic rings. The highest BCUT2D eigenvalue weighted by Crippen LogP contribution is 2.13. The molecule has 0 aliphatic carbocycles. The molecule has 106 valence electrons. The summed E-state index contributed by atoms with van der Waals surface area (Å²) < 4.78 is 26.5. The highest BCUT2D eigenvalue weighted by atomic mass is 19.1. The van der Waals surface area contributed by atoms with Crippen molar-refractivity contribution >= 4 is 5.91 Å². The van der Waals surface area contributed by atoms with Gasteiger partial charge < -0.3 is 5.32 Å². The lowest BCUT2D eigenvalue weighted by Gasteiger charge is -2.30. The van der Waals surface area contributed by atoms with E-state index in [0.717, 1.165) is 18.2 Å². The Labute approximate surface area is 116 Å². The maximum Gasteiger partial charge on any atom is 0.254 e. The van der Waals surface area contributed by atoms with Gasteiger partial charge in [-0.15, -0.1) is 0 Å². The van der Waals surface area contributed by atoms with Crippen LogP contribution in [0.5, 0.6) is 0 Å². The van der Waals surface area contributed by atoms with Crippen LogP contribution in [0.15, 0.2) is 18.2 Å². The Kier molecular flexibility index (Phi) is 4.64. The van der Waals surface area contributed by atoms with E-state index < -0.39 is 17.5 Å². The van der Waals surface area contributed by atoms with Crippen LogP contribution in [-0.4, -0.2) is 36.5 Å². The molecule has 1 fully saturated rings. The lowest BCUT2D eigenvalue weighted by Crippen LogP contribution is -2.44. The topological polar surface area (TPSA) is 56.1 Å². The van der Waals surface area contributed by atoms with Gasteiger partial charge in [-0.3, -0.25) is 9.69 Å². The summed E-state index contributed by atoms with van der Waals surface area (Å²) in [5.74, 6) is -1.97. The summed E-state index contributed by atoms with van der Waals surface area (Å²) in [5, 5.41) is 11.3.